The van der Waals surface area contributed by atoms with E-state index in [0.29, 0.717) is 15.2 Å². The number of aromatic nitrogens is 4. The molecule has 0 atom stereocenters. The summed E-state index contributed by atoms with van der Waals surface area (Å²) in [7, 11) is 0. The van der Waals surface area contributed by atoms with Crippen molar-refractivity contribution in [3.8, 4) is 5.69 Å². The van der Waals surface area contributed by atoms with Gasteiger partial charge in [0, 0.05) is 5.02 Å². The van der Waals surface area contributed by atoms with Crippen LogP contribution in [0.25, 0.3) is 5.69 Å². The molecule has 15 heavy (non-hydrogen) atoms. The zero-order valence-electron chi connectivity index (χ0n) is 7.69. The van der Waals surface area contributed by atoms with E-state index >= 15 is 0 Å². The third-order valence-corrected chi connectivity index (χ3v) is 2.92. The molecule has 0 unspecified atom stereocenters. The first-order chi connectivity index (χ1) is 7.22. The topological polar surface area (TPSA) is 43.6 Å². The molecule has 0 saturated heterocycles. The second-order valence-electron chi connectivity index (χ2n) is 2.67. The Balaban J connectivity index is 2.54. The fraction of sp³-hybridized carbons (Fsp3) is 0.125. The second-order valence-corrected chi connectivity index (χ2v) is 4.29. The van der Waals surface area contributed by atoms with E-state index in [9.17, 15) is 0 Å². The van der Waals surface area contributed by atoms with Gasteiger partial charge in [0.05, 0.1) is 10.7 Å². The van der Waals surface area contributed by atoms with Gasteiger partial charge in [-0.1, -0.05) is 35.0 Å². The summed E-state index contributed by atoms with van der Waals surface area (Å²) in [6.07, 6.45) is 1.89. The van der Waals surface area contributed by atoms with E-state index in [1.807, 2.05) is 6.26 Å². The molecule has 1 heterocycles. The van der Waals surface area contributed by atoms with Gasteiger partial charge in [-0.3, -0.25) is 0 Å². The van der Waals surface area contributed by atoms with Crippen LogP contribution in [-0.2, 0) is 0 Å². The summed E-state index contributed by atoms with van der Waals surface area (Å²) < 4.78 is 1.57. The molecular weight excluding hydrogens is 255 g/mol. The fourth-order valence-corrected chi connectivity index (χ4v) is 2.02. The minimum Gasteiger partial charge on any atom is -0.186 e. The molecule has 1 aromatic carbocycles. The number of nitrogens with zero attached hydrogens (tertiary/aromatic N) is 4. The number of rotatable bonds is 2. The van der Waals surface area contributed by atoms with Crippen molar-refractivity contribution in [2.45, 2.75) is 5.16 Å². The van der Waals surface area contributed by atoms with Gasteiger partial charge in [0.15, 0.2) is 0 Å². The van der Waals surface area contributed by atoms with Gasteiger partial charge >= 0.3 is 0 Å². The number of hydrogen-bond donors (Lipinski definition) is 0. The van der Waals surface area contributed by atoms with Crippen molar-refractivity contribution < 1.29 is 0 Å². The standard InChI is InChI=1S/C8H6Cl2N4S/c1-15-8-11-12-13-14(8)7-3-2-5(9)4-6(7)10/h2-4H,1H3. The van der Waals surface area contributed by atoms with Gasteiger partial charge in [-0.15, -0.1) is 5.10 Å². The Morgan fingerprint density at radius 2 is 2.13 bits per heavy atom. The largest absolute Gasteiger partial charge is 0.213 e. The highest BCUT2D eigenvalue weighted by molar-refractivity contribution is 7.98. The first-order valence-corrected chi connectivity index (χ1v) is 5.98. The third-order valence-electron chi connectivity index (χ3n) is 1.76. The molecule has 4 nitrogen and oxygen atoms in total. The van der Waals surface area contributed by atoms with E-state index in [0.717, 1.165) is 5.69 Å². The lowest BCUT2D eigenvalue weighted by atomic mass is 10.3. The van der Waals surface area contributed by atoms with Crippen LogP contribution in [0.4, 0.5) is 0 Å². The molecule has 0 saturated carbocycles. The SMILES string of the molecule is CSc1nnnn1-c1ccc(Cl)cc1Cl. The summed E-state index contributed by atoms with van der Waals surface area (Å²) >= 11 is 13.3. The van der Waals surface area contributed by atoms with Crippen molar-refractivity contribution in [3.05, 3.63) is 28.2 Å². The zero-order valence-corrected chi connectivity index (χ0v) is 10.0. The Morgan fingerprint density at radius 1 is 1.33 bits per heavy atom. The van der Waals surface area contributed by atoms with Crippen LogP contribution in [0.1, 0.15) is 0 Å². The summed E-state index contributed by atoms with van der Waals surface area (Å²) in [6, 6.07) is 5.18. The van der Waals surface area contributed by atoms with Gasteiger partial charge in [0.1, 0.15) is 0 Å². The minimum atomic E-state index is 0.519. The van der Waals surface area contributed by atoms with Gasteiger partial charge in [-0.05, 0) is 34.9 Å². The average Bonchev–Trinajstić information content (AvgIpc) is 2.65. The number of hydrogen-bond acceptors (Lipinski definition) is 4. The lowest BCUT2D eigenvalue weighted by molar-refractivity contribution is 0.757. The summed E-state index contributed by atoms with van der Waals surface area (Å²) in [4.78, 5) is 0. The predicted octanol–water partition coefficient (Wildman–Crippen LogP) is 2.69. The lowest BCUT2D eigenvalue weighted by Crippen LogP contribution is -1.99. The molecule has 0 amide bonds. The minimum absolute atomic E-state index is 0.519. The molecule has 0 radical (unpaired) electrons. The van der Waals surface area contributed by atoms with Crippen molar-refractivity contribution >= 4 is 35.0 Å². The highest BCUT2D eigenvalue weighted by Crippen LogP contribution is 2.25. The maximum atomic E-state index is 6.04. The maximum absolute atomic E-state index is 6.04. The van der Waals surface area contributed by atoms with E-state index in [4.69, 9.17) is 23.2 Å². The van der Waals surface area contributed by atoms with E-state index in [2.05, 4.69) is 15.5 Å². The van der Waals surface area contributed by atoms with Gasteiger partial charge in [0.2, 0.25) is 5.16 Å². The lowest BCUT2D eigenvalue weighted by Gasteiger charge is -2.04. The van der Waals surface area contributed by atoms with Gasteiger partial charge < -0.3 is 0 Å². The van der Waals surface area contributed by atoms with Crippen LogP contribution in [0, 0.1) is 0 Å². The smallest absolute Gasteiger partial charge is 0.186 e. The van der Waals surface area contributed by atoms with E-state index in [-0.39, 0.29) is 0 Å². The molecule has 0 spiro atoms. The van der Waals surface area contributed by atoms with Crippen molar-refractivity contribution in [2.24, 2.45) is 0 Å². The van der Waals surface area contributed by atoms with Crippen LogP contribution >= 0.6 is 35.0 Å². The normalized spacial score (nSPS) is 10.6. The van der Waals surface area contributed by atoms with Crippen molar-refractivity contribution in [2.75, 3.05) is 6.26 Å². The molecule has 78 valence electrons. The molecule has 0 aliphatic carbocycles. The highest BCUT2D eigenvalue weighted by Gasteiger charge is 2.10. The molecular formula is C8H6Cl2N4S. The van der Waals surface area contributed by atoms with Crippen molar-refractivity contribution in [1.82, 2.24) is 20.2 Å². The molecule has 2 aromatic rings. The number of halogens is 2. The van der Waals surface area contributed by atoms with Crippen LogP contribution in [0.2, 0.25) is 10.0 Å². The zero-order chi connectivity index (χ0) is 10.8. The molecule has 0 aliphatic rings. The predicted molar refractivity (Wildman–Crippen MR) is 61.0 cm³/mol. The Labute approximate surface area is 101 Å². The Bertz CT molecular complexity index is 485. The van der Waals surface area contributed by atoms with Gasteiger partial charge in [0.25, 0.3) is 0 Å². The second kappa shape index (κ2) is 4.38. The molecule has 0 fully saturated rings. The van der Waals surface area contributed by atoms with E-state index in [1.54, 1.807) is 22.9 Å². The number of tetrazole rings is 1. The van der Waals surface area contributed by atoms with Crippen molar-refractivity contribution in [1.29, 1.82) is 0 Å². The van der Waals surface area contributed by atoms with Crippen LogP contribution in [0.15, 0.2) is 23.4 Å². The molecule has 1 aromatic heterocycles. The molecule has 2 rings (SSSR count). The molecule has 0 N–H and O–H groups in total. The Morgan fingerprint density at radius 3 is 2.80 bits per heavy atom. The summed E-state index contributed by atoms with van der Waals surface area (Å²) in [5.74, 6) is 0. The number of thioether (sulfide) groups is 1. The number of benzene rings is 1. The van der Waals surface area contributed by atoms with E-state index in [1.165, 1.54) is 11.8 Å². The Kier molecular flexibility index (Phi) is 3.14. The summed E-state index contributed by atoms with van der Waals surface area (Å²) in [5.41, 5.74) is 0.718. The van der Waals surface area contributed by atoms with Gasteiger partial charge in [-0.2, -0.15) is 4.68 Å². The van der Waals surface area contributed by atoms with Crippen LogP contribution in [0.3, 0.4) is 0 Å². The summed E-state index contributed by atoms with van der Waals surface area (Å²) in [6.45, 7) is 0. The maximum Gasteiger partial charge on any atom is 0.213 e. The van der Waals surface area contributed by atoms with Gasteiger partial charge in [-0.25, -0.2) is 0 Å². The average molecular weight is 261 g/mol. The fourth-order valence-electron chi connectivity index (χ4n) is 1.11. The highest BCUT2D eigenvalue weighted by atomic mass is 35.5. The molecule has 0 bridgehead atoms. The first kappa shape index (κ1) is 10.7. The van der Waals surface area contributed by atoms with E-state index < -0.39 is 0 Å². The van der Waals surface area contributed by atoms with Crippen LogP contribution in [-0.4, -0.2) is 26.5 Å². The quantitative estimate of drug-likeness (QED) is 0.779. The van der Waals surface area contributed by atoms with Crippen LogP contribution < -0.4 is 0 Å². The molecule has 0 aliphatic heterocycles. The van der Waals surface area contributed by atoms with Crippen molar-refractivity contribution in [3.63, 3.8) is 0 Å². The third kappa shape index (κ3) is 2.09. The molecule has 7 heteroatoms. The first-order valence-electron chi connectivity index (χ1n) is 4.00. The monoisotopic (exact) mass is 260 g/mol. The Hall–Kier alpha value is -0.780. The summed E-state index contributed by atoms with van der Waals surface area (Å²) in [5, 5.41) is 13.1. The van der Waals surface area contributed by atoms with Crippen LogP contribution in [0.5, 0.6) is 0 Å².